The van der Waals surface area contributed by atoms with E-state index in [2.05, 4.69) is 14.5 Å². The van der Waals surface area contributed by atoms with Crippen LogP contribution in [0.1, 0.15) is 19.7 Å². The molecule has 0 aliphatic heterocycles. The third-order valence-corrected chi connectivity index (χ3v) is 3.14. The molecule has 0 bridgehead atoms. The van der Waals surface area contributed by atoms with E-state index in [0.717, 1.165) is 17.4 Å². The summed E-state index contributed by atoms with van der Waals surface area (Å²) in [5.41, 5.74) is 5.51. The molecule has 3 N–H and O–H groups in total. The van der Waals surface area contributed by atoms with Crippen LogP contribution in [0.4, 0.5) is 5.13 Å². The van der Waals surface area contributed by atoms with Gasteiger partial charge in [0.15, 0.2) is 0 Å². The molecule has 0 saturated heterocycles. The van der Waals surface area contributed by atoms with Gasteiger partial charge in [-0.2, -0.15) is 4.37 Å². The van der Waals surface area contributed by atoms with E-state index in [1.165, 1.54) is 11.5 Å². The van der Waals surface area contributed by atoms with E-state index in [1.54, 1.807) is 0 Å². The second-order valence-electron chi connectivity index (χ2n) is 3.65. The smallest absolute Gasteiger partial charge is 0.204 e. The predicted molar refractivity (Wildman–Crippen MR) is 65.1 cm³/mol. The van der Waals surface area contributed by atoms with Gasteiger partial charge in [-0.25, -0.2) is 4.98 Å². The van der Waals surface area contributed by atoms with Gasteiger partial charge in [-0.15, -0.1) is 0 Å². The molecule has 7 heteroatoms. The quantitative estimate of drug-likeness (QED) is 0.347. The summed E-state index contributed by atoms with van der Waals surface area (Å²) in [5, 5.41) is 12.4. The lowest BCUT2D eigenvalue weighted by Crippen LogP contribution is -2.32. The Morgan fingerprint density at radius 1 is 1.69 bits per heavy atom. The maximum Gasteiger partial charge on any atom is 0.204 e. The van der Waals surface area contributed by atoms with Gasteiger partial charge in [0.2, 0.25) is 5.13 Å². The SMILES string of the molecule is CCc1nsc(N(C)CC(C)C(N)=NO)n1. The van der Waals surface area contributed by atoms with Crippen LogP contribution in [0.5, 0.6) is 0 Å². The van der Waals surface area contributed by atoms with Crippen LogP contribution in [0.25, 0.3) is 0 Å². The fourth-order valence-corrected chi connectivity index (χ4v) is 1.94. The molecular formula is C9H17N5OS. The van der Waals surface area contributed by atoms with Crippen LogP contribution in [0.15, 0.2) is 5.16 Å². The Bertz CT molecular complexity index is 365. The van der Waals surface area contributed by atoms with Crippen molar-refractivity contribution in [2.45, 2.75) is 20.3 Å². The molecule has 1 aromatic rings. The Morgan fingerprint density at radius 2 is 2.38 bits per heavy atom. The molecule has 0 aliphatic rings. The maximum atomic E-state index is 8.55. The molecule has 90 valence electrons. The molecule has 0 saturated carbocycles. The summed E-state index contributed by atoms with van der Waals surface area (Å²) in [6.07, 6.45) is 0.833. The topological polar surface area (TPSA) is 87.6 Å². The number of amidine groups is 1. The molecule has 0 aromatic carbocycles. The molecular weight excluding hydrogens is 226 g/mol. The zero-order chi connectivity index (χ0) is 12.1. The Hall–Kier alpha value is -1.37. The fraction of sp³-hybridized carbons (Fsp3) is 0.667. The number of rotatable bonds is 5. The van der Waals surface area contributed by atoms with Crippen molar-refractivity contribution in [3.05, 3.63) is 5.82 Å². The van der Waals surface area contributed by atoms with Gasteiger partial charge in [0.1, 0.15) is 11.7 Å². The van der Waals surface area contributed by atoms with Crippen molar-refractivity contribution in [3.8, 4) is 0 Å². The standard InChI is InChI=1S/C9H17N5OS/c1-4-7-11-9(16-13-7)14(3)5-6(2)8(10)12-15/h6,15H,4-5H2,1-3H3,(H2,10,12). The molecule has 0 aliphatic carbocycles. The minimum absolute atomic E-state index is 0.0241. The van der Waals surface area contributed by atoms with Gasteiger partial charge < -0.3 is 15.8 Å². The van der Waals surface area contributed by atoms with E-state index < -0.39 is 0 Å². The normalized spacial score (nSPS) is 13.8. The van der Waals surface area contributed by atoms with Crippen LogP contribution in [0, 0.1) is 5.92 Å². The largest absolute Gasteiger partial charge is 0.409 e. The molecule has 1 atom stereocenters. The van der Waals surface area contributed by atoms with Crippen LogP contribution in [-0.4, -0.2) is 34.0 Å². The number of hydrogen-bond acceptors (Lipinski definition) is 6. The van der Waals surface area contributed by atoms with Crippen molar-refractivity contribution in [2.75, 3.05) is 18.5 Å². The second kappa shape index (κ2) is 5.64. The molecule has 1 unspecified atom stereocenters. The molecule has 0 fully saturated rings. The highest BCUT2D eigenvalue weighted by molar-refractivity contribution is 7.09. The van der Waals surface area contributed by atoms with Gasteiger partial charge in [-0.05, 0) is 0 Å². The first-order valence-corrected chi connectivity index (χ1v) is 5.87. The van der Waals surface area contributed by atoms with Gasteiger partial charge in [0, 0.05) is 37.5 Å². The van der Waals surface area contributed by atoms with Crippen molar-refractivity contribution in [1.29, 1.82) is 0 Å². The third kappa shape index (κ3) is 3.06. The summed E-state index contributed by atoms with van der Waals surface area (Å²) in [6, 6.07) is 0. The molecule has 1 heterocycles. The zero-order valence-electron chi connectivity index (χ0n) is 9.71. The van der Waals surface area contributed by atoms with Crippen molar-refractivity contribution >= 4 is 22.5 Å². The summed E-state index contributed by atoms with van der Waals surface area (Å²) in [4.78, 5) is 6.31. The number of nitrogens with zero attached hydrogens (tertiary/aromatic N) is 4. The van der Waals surface area contributed by atoms with Crippen molar-refractivity contribution in [1.82, 2.24) is 9.36 Å². The van der Waals surface area contributed by atoms with Crippen LogP contribution in [0.2, 0.25) is 0 Å². The highest BCUT2D eigenvalue weighted by atomic mass is 32.1. The summed E-state index contributed by atoms with van der Waals surface area (Å²) < 4.78 is 4.21. The first-order valence-electron chi connectivity index (χ1n) is 5.09. The molecule has 1 rings (SSSR count). The van der Waals surface area contributed by atoms with Gasteiger partial charge in [-0.1, -0.05) is 19.0 Å². The molecule has 16 heavy (non-hydrogen) atoms. The van der Waals surface area contributed by atoms with Gasteiger partial charge in [0.05, 0.1) is 0 Å². The lowest BCUT2D eigenvalue weighted by molar-refractivity contribution is 0.314. The van der Waals surface area contributed by atoms with E-state index in [-0.39, 0.29) is 11.8 Å². The minimum atomic E-state index is -0.0241. The summed E-state index contributed by atoms with van der Waals surface area (Å²) in [7, 11) is 1.92. The van der Waals surface area contributed by atoms with E-state index in [4.69, 9.17) is 10.9 Å². The van der Waals surface area contributed by atoms with E-state index >= 15 is 0 Å². The van der Waals surface area contributed by atoms with Crippen LogP contribution in [-0.2, 0) is 6.42 Å². The number of nitrogens with two attached hydrogens (primary N) is 1. The molecule has 0 amide bonds. The number of oxime groups is 1. The van der Waals surface area contributed by atoms with Gasteiger partial charge in [-0.3, -0.25) is 0 Å². The van der Waals surface area contributed by atoms with Gasteiger partial charge >= 0.3 is 0 Å². The highest BCUT2D eigenvalue weighted by Gasteiger charge is 2.14. The van der Waals surface area contributed by atoms with Crippen LogP contribution < -0.4 is 10.6 Å². The van der Waals surface area contributed by atoms with Crippen LogP contribution >= 0.6 is 11.5 Å². The summed E-state index contributed by atoms with van der Waals surface area (Å²) in [6.45, 7) is 4.56. The van der Waals surface area contributed by atoms with E-state index in [9.17, 15) is 0 Å². The molecule has 0 spiro atoms. The van der Waals surface area contributed by atoms with Crippen molar-refractivity contribution in [3.63, 3.8) is 0 Å². The Balaban J connectivity index is 2.61. The lowest BCUT2D eigenvalue weighted by Gasteiger charge is -2.19. The second-order valence-corrected chi connectivity index (χ2v) is 4.38. The molecule has 6 nitrogen and oxygen atoms in total. The monoisotopic (exact) mass is 243 g/mol. The van der Waals surface area contributed by atoms with Crippen molar-refractivity contribution < 1.29 is 5.21 Å². The first kappa shape index (κ1) is 12.7. The maximum absolute atomic E-state index is 8.55. The van der Waals surface area contributed by atoms with Gasteiger partial charge in [0.25, 0.3) is 0 Å². The number of hydrogen-bond donors (Lipinski definition) is 2. The number of aromatic nitrogens is 2. The molecule has 0 radical (unpaired) electrons. The van der Waals surface area contributed by atoms with E-state index in [1.807, 2.05) is 25.8 Å². The third-order valence-electron chi connectivity index (χ3n) is 2.27. The Labute approximate surface area is 99.0 Å². The minimum Gasteiger partial charge on any atom is -0.409 e. The summed E-state index contributed by atoms with van der Waals surface area (Å²) in [5.74, 6) is 1.05. The average molecular weight is 243 g/mol. The molecule has 1 aromatic heterocycles. The zero-order valence-corrected chi connectivity index (χ0v) is 10.5. The Kier molecular flexibility index (Phi) is 4.48. The first-order chi connectivity index (χ1) is 7.58. The van der Waals surface area contributed by atoms with Crippen LogP contribution in [0.3, 0.4) is 0 Å². The lowest BCUT2D eigenvalue weighted by atomic mass is 10.1. The Morgan fingerprint density at radius 3 is 2.88 bits per heavy atom. The van der Waals surface area contributed by atoms with E-state index in [0.29, 0.717) is 6.54 Å². The predicted octanol–water partition coefficient (Wildman–Crippen LogP) is 0.919. The fourth-order valence-electron chi connectivity index (χ4n) is 1.22. The highest BCUT2D eigenvalue weighted by Crippen LogP contribution is 2.17. The number of aryl methyl sites for hydroxylation is 1. The average Bonchev–Trinajstić information content (AvgIpc) is 2.76. The summed E-state index contributed by atoms with van der Waals surface area (Å²) >= 11 is 1.37. The van der Waals surface area contributed by atoms with Crippen molar-refractivity contribution in [2.24, 2.45) is 16.8 Å². The number of anilines is 1.